The first-order valence-electron chi connectivity index (χ1n) is 9.40. The lowest BCUT2D eigenvalue weighted by Crippen LogP contribution is -2.34. The number of carbonyl (C=O) groups is 3. The Hall–Kier alpha value is -3.09. The van der Waals surface area contributed by atoms with Crippen LogP contribution in [0.5, 0.6) is 0 Å². The maximum atomic E-state index is 12.5. The first-order valence-corrected chi connectivity index (χ1v) is 9.40. The fourth-order valence-electron chi connectivity index (χ4n) is 3.61. The Balaban J connectivity index is 1.95. The summed E-state index contributed by atoms with van der Waals surface area (Å²) in [5.74, 6) is -2.01. The number of fused-ring (bicyclic) bond motifs is 1. The molecule has 0 N–H and O–H groups in total. The van der Waals surface area contributed by atoms with E-state index in [9.17, 15) is 14.4 Å². The molecule has 2 heterocycles. The van der Waals surface area contributed by atoms with E-state index in [0.29, 0.717) is 12.8 Å². The third-order valence-corrected chi connectivity index (χ3v) is 5.12. The van der Waals surface area contributed by atoms with Crippen LogP contribution in [0.25, 0.3) is 0 Å². The maximum absolute atomic E-state index is 12.5. The lowest BCUT2D eigenvalue weighted by atomic mass is 9.85. The molecule has 0 spiro atoms. The monoisotopic (exact) mass is 400 g/mol. The molecule has 1 aliphatic heterocycles. The van der Waals surface area contributed by atoms with Crippen molar-refractivity contribution in [2.24, 2.45) is 5.92 Å². The van der Waals surface area contributed by atoms with E-state index in [1.807, 2.05) is 19.9 Å². The maximum Gasteiger partial charge on any atom is 0.341 e. The SMILES string of the molecule is C=C1C(=O)O[C@H]2/C=C(/C)[C@H](OC(C)=O)C/C=C(\C)C[C@@H](OC(=O)c3ccoc3)[C@@H]12. The van der Waals surface area contributed by atoms with Gasteiger partial charge < -0.3 is 18.6 Å². The molecule has 7 heteroatoms. The van der Waals surface area contributed by atoms with Crippen molar-refractivity contribution in [1.29, 1.82) is 0 Å². The highest BCUT2D eigenvalue weighted by atomic mass is 16.6. The smallest absolute Gasteiger partial charge is 0.341 e. The molecule has 1 aromatic heterocycles. The van der Waals surface area contributed by atoms with Gasteiger partial charge in [0.15, 0.2) is 0 Å². The van der Waals surface area contributed by atoms with E-state index in [0.717, 1.165) is 11.1 Å². The van der Waals surface area contributed by atoms with Crippen molar-refractivity contribution in [3.05, 3.63) is 59.6 Å². The summed E-state index contributed by atoms with van der Waals surface area (Å²) >= 11 is 0. The first kappa shape index (κ1) is 20.6. The molecule has 1 aliphatic carbocycles. The lowest BCUT2D eigenvalue weighted by molar-refractivity contribution is -0.144. The molecule has 0 radical (unpaired) electrons. The Bertz CT molecular complexity index is 875. The van der Waals surface area contributed by atoms with E-state index in [-0.39, 0.29) is 17.1 Å². The Kier molecular flexibility index (Phi) is 6.06. The number of hydrogen-bond acceptors (Lipinski definition) is 7. The molecular formula is C22H24O7. The molecule has 154 valence electrons. The first-order chi connectivity index (χ1) is 13.8. The van der Waals surface area contributed by atoms with Gasteiger partial charge in [0, 0.05) is 25.3 Å². The summed E-state index contributed by atoms with van der Waals surface area (Å²) in [5, 5.41) is 0. The Morgan fingerprint density at radius 3 is 2.66 bits per heavy atom. The minimum absolute atomic E-state index is 0.251. The minimum atomic E-state index is -0.666. The van der Waals surface area contributed by atoms with Gasteiger partial charge in [-0.2, -0.15) is 0 Å². The van der Waals surface area contributed by atoms with E-state index in [1.165, 1.54) is 25.5 Å². The molecule has 1 saturated heterocycles. The zero-order valence-corrected chi connectivity index (χ0v) is 16.7. The van der Waals surface area contributed by atoms with E-state index in [2.05, 4.69) is 6.58 Å². The topological polar surface area (TPSA) is 92.0 Å². The van der Waals surface area contributed by atoms with Crippen LogP contribution in [0, 0.1) is 5.92 Å². The number of carbonyl (C=O) groups excluding carboxylic acids is 3. The predicted molar refractivity (Wildman–Crippen MR) is 103 cm³/mol. The molecule has 3 rings (SSSR count). The second-order valence-corrected chi connectivity index (χ2v) is 7.38. The highest BCUT2D eigenvalue weighted by Crippen LogP contribution is 2.36. The molecule has 2 aliphatic rings. The average molecular weight is 400 g/mol. The number of ether oxygens (including phenoxy) is 3. The average Bonchev–Trinajstić information content (AvgIpc) is 3.26. The summed E-state index contributed by atoms with van der Waals surface area (Å²) < 4.78 is 21.6. The summed E-state index contributed by atoms with van der Waals surface area (Å²) in [7, 11) is 0. The number of furan rings is 1. The van der Waals surface area contributed by atoms with Crippen molar-refractivity contribution in [3.63, 3.8) is 0 Å². The van der Waals surface area contributed by atoms with Crippen LogP contribution in [0.3, 0.4) is 0 Å². The van der Waals surface area contributed by atoms with Gasteiger partial charge in [-0.05, 0) is 31.6 Å². The van der Waals surface area contributed by atoms with Crippen molar-refractivity contribution in [2.45, 2.75) is 51.9 Å². The van der Waals surface area contributed by atoms with Crippen LogP contribution in [-0.2, 0) is 23.8 Å². The van der Waals surface area contributed by atoms with E-state index in [1.54, 1.807) is 6.08 Å². The molecule has 0 bridgehead atoms. The molecule has 4 atom stereocenters. The summed E-state index contributed by atoms with van der Waals surface area (Å²) in [5.41, 5.74) is 2.23. The van der Waals surface area contributed by atoms with Gasteiger partial charge in [0.2, 0.25) is 0 Å². The lowest BCUT2D eigenvalue weighted by Gasteiger charge is -2.28. The van der Waals surface area contributed by atoms with Gasteiger partial charge in [-0.25, -0.2) is 9.59 Å². The number of esters is 3. The standard InChI is InChI=1S/C22H24O7/c1-12-5-6-17(27-15(4)23)13(2)10-19-20(14(3)21(24)28-19)18(9-12)29-22(25)16-7-8-26-11-16/h5,7-8,10-11,17-20H,3,6,9H2,1-2,4H3/b12-5+,13-10-/t17-,18-,19+,20-/m1/s1. The predicted octanol–water partition coefficient (Wildman–Crippen LogP) is 3.52. The third kappa shape index (κ3) is 4.67. The van der Waals surface area contributed by atoms with Crippen molar-refractivity contribution >= 4 is 17.9 Å². The molecule has 0 saturated carbocycles. The normalized spacial score (nSPS) is 30.9. The Labute approximate surface area is 169 Å². The summed E-state index contributed by atoms with van der Waals surface area (Å²) in [6.45, 7) is 8.94. The zero-order valence-electron chi connectivity index (χ0n) is 16.7. The number of hydrogen-bond donors (Lipinski definition) is 0. The minimum Gasteiger partial charge on any atom is -0.472 e. The molecule has 29 heavy (non-hydrogen) atoms. The van der Waals surface area contributed by atoms with E-state index in [4.69, 9.17) is 18.6 Å². The molecule has 0 unspecified atom stereocenters. The van der Waals surface area contributed by atoms with Crippen LogP contribution in [-0.4, -0.2) is 36.2 Å². The second-order valence-electron chi connectivity index (χ2n) is 7.38. The zero-order chi connectivity index (χ0) is 21.1. The van der Waals surface area contributed by atoms with Gasteiger partial charge in [-0.3, -0.25) is 4.79 Å². The molecule has 7 nitrogen and oxygen atoms in total. The fraction of sp³-hybridized carbons (Fsp3) is 0.409. The summed E-state index contributed by atoms with van der Waals surface area (Å²) in [6.07, 6.45) is 5.49. The molecule has 1 fully saturated rings. The van der Waals surface area contributed by atoms with Crippen LogP contribution in [0.15, 0.2) is 58.5 Å². The Morgan fingerprint density at radius 2 is 2.00 bits per heavy atom. The largest absolute Gasteiger partial charge is 0.472 e. The molecule has 0 amide bonds. The van der Waals surface area contributed by atoms with E-state index >= 15 is 0 Å². The van der Waals surface area contributed by atoms with Crippen LogP contribution < -0.4 is 0 Å². The van der Waals surface area contributed by atoms with Gasteiger partial charge in [0.05, 0.1) is 17.7 Å². The van der Waals surface area contributed by atoms with E-state index < -0.39 is 36.2 Å². The molecule has 1 aromatic rings. The summed E-state index contributed by atoms with van der Waals surface area (Å²) in [6, 6.07) is 1.52. The second kappa shape index (κ2) is 8.51. The van der Waals surface area contributed by atoms with Gasteiger partial charge >= 0.3 is 17.9 Å². The highest BCUT2D eigenvalue weighted by Gasteiger charge is 2.44. The van der Waals surface area contributed by atoms with Crippen LogP contribution in [0.2, 0.25) is 0 Å². The van der Waals surface area contributed by atoms with Crippen LogP contribution in [0.4, 0.5) is 0 Å². The number of rotatable bonds is 3. The van der Waals surface area contributed by atoms with Gasteiger partial charge in [0.25, 0.3) is 0 Å². The van der Waals surface area contributed by atoms with Crippen molar-refractivity contribution < 1.29 is 33.0 Å². The third-order valence-electron chi connectivity index (χ3n) is 5.12. The van der Waals surface area contributed by atoms with Gasteiger partial charge in [-0.1, -0.05) is 18.2 Å². The highest BCUT2D eigenvalue weighted by molar-refractivity contribution is 5.92. The molecular weight excluding hydrogens is 376 g/mol. The van der Waals surface area contributed by atoms with Crippen molar-refractivity contribution in [3.8, 4) is 0 Å². The fourth-order valence-corrected chi connectivity index (χ4v) is 3.61. The van der Waals surface area contributed by atoms with Gasteiger partial charge in [0.1, 0.15) is 24.6 Å². The van der Waals surface area contributed by atoms with Gasteiger partial charge in [-0.15, -0.1) is 0 Å². The van der Waals surface area contributed by atoms with Crippen molar-refractivity contribution in [2.75, 3.05) is 0 Å². The summed E-state index contributed by atoms with van der Waals surface area (Å²) in [4.78, 5) is 36.2. The quantitative estimate of drug-likeness (QED) is 0.332. The van der Waals surface area contributed by atoms with Crippen molar-refractivity contribution in [1.82, 2.24) is 0 Å². The van der Waals surface area contributed by atoms with Crippen LogP contribution in [0.1, 0.15) is 44.0 Å². The van der Waals surface area contributed by atoms with Crippen LogP contribution >= 0.6 is 0 Å². The molecule has 0 aromatic carbocycles. The Morgan fingerprint density at radius 1 is 1.24 bits per heavy atom.